The first kappa shape index (κ1) is 12.3. The van der Waals surface area contributed by atoms with Gasteiger partial charge in [0.15, 0.2) is 0 Å². The lowest BCUT2D eigenvalue weighted by Crippen LogP contribution is -2.38. The molecule has 3 nitrogen and oxygen atoms in total. The molecule has 1 aromatic rings. The summed E-state index contributed by atoms with van der Waals surface area (Å²) in [4.78, 5) is 12.2. The smallest absolute Gasteiger partial charge is 0.255 e. The third kappa shape index (κ3) is 2.63. The molecule has 0 spiro atoms. The first-order chi connectivity index (χ1) is 8.65. The van der Waals surface area contributed by atoms with E-state index in [0.29, 0.717) is 23.4 Å². The van der Waals surface area contributed by atoms with Gasteiger partial charge >= 0.3 is 0 Å². The van der Waals surface area contributed by atoms with Crippen molar-refractivity contribution in [3.63, 3.8) is 0 Å². The molecule has 2 aliphatic carbocycles. The molecule has 2 fully saturated rings. The minimum absolute atomic E-state index is 0.0678. The van der Waals surface area contributed by atoms with Gasteiger partial charge in [0.2, 0.25) is 0 Å². The highest BCUT2D eigenvalue weighted by molar-refractivity contribution is 14.1. The van der Waals surface area contributed by atoms with Crippen molar-refractivity contribution in [2.24, 2.45) is 11.8 Å². The maximum absolute atomic E-state index is 12.2. The number of aromatic hydroxyl groups is 1. The van der Waals surface area contributed by atoms with Gasteiger partial charge in [0, 0.05) is 9.61 Å². The second-order valence-electron chi connectivity index (χ2n) is 5.34. The molecule has 2 saturated carbocycles. The fourth-order valence-electron chi connectivity index (χ4n) is 2.45. The Bertz CT molecular complexity index is 469. The molecular formula is C14H16INO2. The number of hydrogen-bond donors (Lipinski definition) is 2. The average Bonchev–Trinajstić information content (AvgIpc) is 3.21. The normalized spacial score (nSPS) is 19.0. The van der Waals surface area contributed by atoms with Crippen molar-refractivity contribution in [3.8, 4) is 5.75 Å². The molecule has 0 radical (unpaired) electrons. The Kier molecular flexibility index (Phi) is 3.21. The van der Waals surface area contributed by atoms with Crippen molar-refractivity contribution in [2.45, 2.75) is 31.7 Å². The Morgan fingerprint density at radius 2 is 1.89 bits per heavy atom. The fraction of sp³-hybridized carbons (Fsp3) is 0.500. The molecule has 2 aliphatic rings. The van der Waals surface area contributed by atoms with Crippen LogP contribution in [0.4, 0.5) is 0 Å². The van der Waals surface area contributed by atoms with Crippen molar-refractivity contribution in [1.82, 2.24) is 5.32 Å². The third-order valence-corrected chi connectivity index (χ3v) is 4.43. The Hall–Kier alpha value is -0.780. The number of phenolic OH excluding ortho intramolecular Hbond substituents is 1. The largest absolute Gasteiger partial charge is 0.507 e. The molecule has 0 aliphatic heterocycles. The molecule has 96 valence electrons. The van der Waals surface area contributed by atoms with Gasteiger partial charge in [-0.25, -0.2) is 0 Å². The van der Waals surface area contributed by atoms with Crippen LogP contribution in [-0.2, 0) is 0 Å². The van der Waals surface area contributed by atoms with E-state index in [1.54, 1.807) is 18.2 Å². The lowest BCUT2D eigenvalue weighted by molar-refractivity contribution is 0.0923. The van der Waals surface area contributed by atoms with Gasteiger partial charge in [0.1, 0.15) is 5.75 Å². The Balaban J connectivity index is 1.75. The van der Waals surface area contributed by atoms with Crippen molar-refractivity contribution in [1.29, 1.82) is 0 Å². The Morgan fingerprint density at radius 3 is 2.44 bits per heavy atom. The van der Waals surface area contributed by atoms with Crippen molar-refractivity contribution >= 4 is 28.5 Å². The van der Waals surface area contributed by atoms with Crippen LogP contribution in [0.2, 0.25) is 0 Å². The van der Waals surface area contributed by atoms with E-state index in [-0.39, 0.29) is 11.7 Å². The van der Waals surface area contributed by atoms with E-state index in [9.17, 15) is 9.90 Å². The predicted molar refractivity (Wildman–Crippen MR) is 77.5 cm³/mol. The fourth-order valence-corrected chi connectivity index (χ4v) is 2.94. The summed E-state index contributed by atoms with van der Waals surface area (Å²) >= 11 is 2.15. The van der Waals surface area contributed by atoms with Gasteiger partial charge in [0.25, 0.3) is 5.91 Å². The SMILES string of the molecule is O=C(NC(C1CC1)C1CC1)c1cc(I)ccc1O. The summed E-state index contributed by atoms with van der Waals surface area (Å²) in [6.07, 6.45) is 4.94. The highest BCUT2D eigenvalue weighted by Crippen LogP contribution is 2.44. The summed E-state index contributed by atoms with van der Waals surface area (Å²) in [5.41, 5.74) is 0.396. The van der Waals surface area contributed by atoms with Crippen LogP contribution in [0.25, 0.3) is 0 Å². The minimum Gasteiger partial charge on any atom is -0.507 e. The highest BCUT2D eigenvalue weighted by Gasteiger charge is 2.42. The van der Waals surface area contributed by atoms with Crippen molar-refractivity contribution in [2.75, 3.05) is 0 Å². The summed E-state index contributed by atoms with van der Waals surface area (Å²) in [6.45, 7) is 0. The first-order valence-electron chi connectivity index (χ1n) is 6.44. The molecular weight excluding hydrogens is 341 g/mol. The van der Waals surface area contributed by atoms with E-state index in [4.69, 9.17) is 0 Å². The second-order valence-corrected chi connectivity index (χ2v) is 6.58. The molecule has 3 rings (SSSR count). The van der Waals surface area contributed by atoms with Crippen LogP contribution >= 0.6 is 22.6 Å². The third-order valence-electron chi connectivity index (χ3n) is 3.76. The van der Waals surface area contributed by atoms with Crippen LogP contribution in [0.1, 0.15) is 36.0 Å². The van der Waals surface area contributed by atoms with Gasteiger partial charge in [0.05, 0.1) is 5.56 Å². The lowest BCUT2D eigenvalue weighted by Gasteiger charge is -2.18. The van der Waals surface area contributed by atoms with E-state index in [1.165, 1.54) is 25.7 Å². The summed E-state index contributed by atoms with van der Waals surface area (Å²) in [5.74, 6) is 1.28. The number of hydrogen-bond acceptors (Lipinski definition) is 2. The number of amides is 1. The van der Waals surface area contributed by atoms with Crippen LogP contribution in [-0.4, -0.2) is 17.1 Å². The molecule has 1 aromatic carbocycles. The van der Waals surface area contributed by atoms with Crippen LogP contribution in [0, 0.1) is 15.4 Å². The molecule has 0 bridgehead atoms. The number of halogens is 1. The number of phenols is 1. The number of carbonyl (C=O) groups is 1. The summed E-state index contributed by atoms with van der Waals surface area (Å²) < 4.78 is 0.963. The van der Waals surface area contributed by atoms with Crippen molar-refractivity contribution in [3.05, 3.63) is 27.3 Å². The lowest BCUT2D eigenvalue weighted by atomic mass is 10.1. The van der Waals surface area contributed by atoms with E-state index in [1.807, 2.05) is 0 Å². The van der Waals surface area contributed by atoms with Crippen LogP contribution in [0.5, 0.6) is 5.75 Å². The van der Waals surface area contributed by atoms with Gasteiger partial charge in [-0.2, -0.15) is 0 Å². The first-order valence-corrected chi connectivity index (χ1v) is 7.52. The van der Waals surface area contributed by atoms with Gasteiger partial charge < -0.3 is 10.4 Å². The quantitative estimate of drug-likeness (QED) is 0.815. The standard InChI is InChI=1S/C14H16INO2/c15-10-5-6-12(17)11(7-10)14(18)16-13(8-1-2-8)9-3-4-9/h5-9,13,17H,1-4H2,(H,16,18). The summed E-state index contributed by atoms with van der Waals surface area (Å²) in [5, 5.41) is 12.9. The van der Waals surface area contributed by atoms with Gasteiger partial charge in [-0.05, 0) is 78.3 Å². The monoisotopic (exact) mass is 357 g/mol. The molecule has 4 heteroatoms. The van der Waals surface area contributed by atoms with Crippen LogP contribution < -0.4 is 5.32 Å². The predicted octanol–water partition coefficient (Wildman–Crippen LogP) is 2.92. The van der Waals surface area contributed by atoms with Crippen molar-refractivity contribution < 1.29 is 9.90 Å². The Labute approximate surface area is 120 Å². The number of benzene rings is 1. The van der Waals surface area contributed by atoms with Gasteiger partial charge in [-0.15, -0.1) is 0 Å². The molecule has 0 unspecified atom stereocenters. The Morgan fingerprint density at radius 1 is 1.28 bits per heavy atom. The van der Waals surface area contributed by atoms with Gasteiger partial charge in [-0.3, -0.25) is 4.79 Å². The van der Waals surface area contributed by atoms with E-state index in [2.05, 4.69) is 27.9 Å². The van der Waals surface area contributed by atoms with E-state index >= 15 is 0 Å². The van der Waals surface area contributed by atoms with Gasteiger partial charge in [-0.1, -0.05) is 0 Å². The zero-order valence-electron chi connectivity index (χ0n) is 10.0. The number of rotatable bonds is 4. The molecule has 0 atom stereocenters. The number of carbonyl (C=O) groups excluding carboxylic acids is 1. The molecule has 18 heavy (non-hydrogen) atoms. The zero-order chi connectivity index (χ0) is 12.7. The number of nitrogens with one attached hydrogen (secondary N) is 1. The van der Waals surface area contributed by atoms with E-state index < -0.39 is 0 Å². The minimum atomic E-state index is -0.130. The second kappa shape index (κ2) is 4.72. The van der Waals surface area contributed by atoms with Crippen LogP contribution in [0.3, 0.4) is 0 Å². The zero-order valence-corrected chi connectivity index (χ0v) is 12.2. The molecule has 0 aromatic heterocycles. The molecule has 0 saturated heterocycles. The molecule has 2 N–H and O–H groups in total. The van der Waals surface area contributed by atoms with Crippen LogP contribution in [0.15, 0.2) is 18.2 Å². The topological polar surface area (TPSA) is 49.3 Å². The highest BCUT2D eigenvalue weighted by atomic mass is 127. The van der Waals surface area contributed by atoms with E-state index in [0.717, 1.165) is 3.57 Å². The average molecular weight is 357 g/mol. The molecule has 0 heterocycles. The molecule has 1 amide bonds. The summed E-state index contributed by atoms with van der Waals surface area (Å²) in [7, 11) is 0. The summed E-state index contributed by atoms with van der Waals surface area (Å²) in [6, 6.07) is 5.45. The maximum Gasteiger partial charge on any atom is 0.255 e. The maximum atomic E-state index is 12.2.